The summed E-state index contributed by atoms with van der Waals surface area (Å²) in [5.41, 5.74) is -4.50. The van der Waals surface area contributed by atoms with Crippen LogP contribution in [0.5, 0.6) is 0 Å². The number of hydrogen-bond donors (Lipinski definition) is 2. The predicted molar refractivity (Wildman–Crippen MR) is 79.3 cm³/mol. The Kier molecular flexibility index (Phi) is 6.29. The fourth-order valence-corrected chi connectivity index (χ4v) is 2.43. The average Bonchev–Trinajstić information content (AvgIpc) is 2.48. The Hall–Kier alpha value is -2.17. The highest BCUT2D eigenvalue weighted by Crippen LogP contribution is 2.37. The van der Waals surface area contributed by atoms with Crippen LogP contribution in [0.3, 0.4) is 0 Å². The summed E-state index contributed by atoms with van der Waals surface area (Å²) >= 11 is 0. The van der Waals surface area contributed by atoms with E-state index in [4.69, 9.17) is 0 Å². The zero-order valence-corrected chi connectivity index (χ0v) is 13.2. The summed E-state index contributed by atoms with van der Waals surface area (Å²) in [7, 11) is 0. The van der Waals surface area contributed by atoms with E-state index in [0.717, 1.165) is 0 Å². The van der Waals surface area contributed by atoms with Crippen LogP contribution in [0.25, 0.3) is 0 Å². The third kappa shape index (κ3) is 3.83. The minimum Gasteiger partial charge on any atom is -0.382 e. The number of halogens is 3. The molecule has 0 bridgehead atoms. The lowest BCUT2D eigenvalue weighted by atomic mass is 9.88. The second kappa shape index (κ2) is 7.60. The summed E-state index contributed by atoms with van der Waals surface area (Å²) in [5, 5.41) is 27.8. The van der Waals surface area contributed by atoms with Crippen molar-refractivity contribution in [2.24, 2.45) is 0 Å². The van der Waals surface area contributed by atoms with Crippen LogP contribution in [-0.4, -0.2) is 40.8 Å². The lowest BCUT2D eigenvalue weighted by molar-refractivity contribution is -0.642. The molecule has 2 unspecified atom stereocenters. The summed E-state index contributed by atoms with van der Waals surface area (Å²) in [6.45, 7) is 3.41. The first-order chi connectivity index (χ1) is 11.1. The van der Waals surface area contributed by atoms with Gasteiger partial charge in [0.1, 0.15) is 5.70 Å². The van der Waals surface area contributed by atoms with Gasteiger partial charge in [-0.1, -0.05) is 13.8 Å². The second-order valence-electron chi connectivity index (χ2n) is 5.28. The van der Waals surface area contributed by atoms with Gasteiger partial charge in [0.05, 0.1) is 10.5 Å². The van der Waals surface area contributed by atoms with Gasteiger partial charge in [0, 0.05) is 24.1 Å². The molecule has 0 aromatic rings. The Balaban J connectivity index is 3.54. The molecule has 8 nitrogen and oxygen atoms in total. The van der Waals surface area contributed by atoms with Gasteiger partial charge >= 0.3 is 17.9 Å². The van der Waals surface area contributed by atoms with Crippen LogP contribution in [-0.2, 0) is 0 Å². The van der Waals surface area contributed by atoms with Gasteiger partial charge in [-0.15, -0.1) is 0 Å². The molecule has 0 saturated carbocycles. The molecule has 0 fully saturated rings. The van der Waals surface area contributed by atoms with Crippen molar-refractivity contribution in [2.75, 3.05) is 13.1 Å². The van der Waals surface area contributed by atoms with Gasteiger partial charge < -0.3 is 5.32 Å². The molecular weight excluding hydrogens is 333 g/mol. The number of allylic oxidation sites excluding steroid dienone is 2. The van der Waals surface area contributed by atoms with Crippen molar-refractivity contribution >= 4 is 0 Å². The van der Waals surface area contributed by atoms with E-state index in [1.807, 2.05) is 0 Å². The minimum absolute atomic E-state index is 0.0225. The molecule has 0 radical (unpaired) electrons. The minimum atomic E-state index is -4.87. The summed E-state index contributed by atoms with van der Waals surface area (Å²) in [5.74, 6) is 0. The third-order valence-electron chi connectivity index (χ3n) is 3.53. The van der Waals surface area contributed by atoms with Crippen LogP contribution in [0.4, 0.5) is 13.2 Å². The molecule has 0 heterocycles. The molecule has 0 saturated heterocycles. The largest absolute Gasteiger partial charge is 0.418 e. The number of nitro groups is 2. The predicted octanol–water partition coefficient (Wildman–Crippen LogP) is 1.99. The summed E-state index contributed by atoms with van der Waals surface area (Å²) in [4.78, 5) is 21.0. The monoisotopic (exact) mass is 352 g/mol. The molecule has 11 heteroatoms. The van der Waals surface area contributed by atoms with Gasteiger partial charge in [-0.2, -0.15) is 13.2 Å². The van der Waals surface area contributed by atoms with Crippen LogP contribution in [0.1, 0.15) is 26.7 Å². The first kappa shape index (κ1) is 19.9. The third-order valence-corrected chi connectivity index (χ3v) is 3.53. The van der Waals surface area contributed by atoms with Crippen LogP contribution in [0.15, 0.2) is 23.4 Å². The first-order valence-electron chi connectivity index (χ1n) is 7.39. The van der Waals surface area contributed by atoms with Crippen molar-refractivity contribution in [1.29, 1.82) is 0 Å². The fourth-order valence-electron chi connectivity index (χ4n) is 2.43. The van der Waals surface area contributed by atoms with E-state index < -0.39 is 39.0 Å². The van der Waals surface area contributed by atoms with Crippen molar-refractivity contribution in [3.63, 3.8) is 0 Å². The van der Waals surface area contributed by atoms with Crippen LogP contribution in [0, 0.1) is 20.2 Å². The van der Waals surface area contributed by atoms with Crippen LogP contribution >= 0.6 is 0 Å². The van der Waals surface area contributed by atoms with E-state index in [9.17, 15) is 33.4 Å². The molecule has 0 spiro atoms. The molecule has 2 N–H and O–H groups in total. The number of rotatable bonds is 8. The maximum atomic E-state index is 13.2. The zero-order chi connectivity index (χ0) is 18.5. The second-order valence-corrected chi connectivity index (χ2v) is 5.28. The lowest BCUT2D eigenvalue weighted by Crippen LogP contribution is -2.65. The van der Waals surface area contributed by atoms with E-state index in [-0.39, 0.29) is 13.1 Å². The summed E-state index contributed by atoms with van der Waals surface area (Å²) in [6, 6.07) is -2.22. The highest BCUT2D eigenvalue weighted by atomic mass is 19.4. The average molecular weight is 352 g/mol. The maximum absolute atomic E-state index is 13.2. The Morgan fingerprint density at radius 2 is 1.79 bits per heavy atom. The van der Waals surface area contributed by atoms with E-state index in [1.165, 1.54) is 0 Å². The highest BCUT2D eigenvalue weighted by molar-refractivity contribution is 5.39. The molecule has 0 aromatic heterocycles. The van der Waals surface area contributed by atoms with E-state index in [2.05, 4.69) is 10.6 Å². The van der Waals surface area contributed by atoms with Crippen LogP contribution in [0.2, 0.25) is 0 Å². The molecule has 0 amide bonds. The van der Waals surface area contributed by atoms with Gasteiger partial charge in [0.15, 0.2) is 0 Å². The fraction of sp³-hybridized carbons (Fsp3) is 0.692. The molecular formula is C13H19F3N4O4. The van der Waals surface area contributed by atoms with Crippen molar-refractivity contribution in [3.05, 3.63) is 43.7 Å². The van der Waals surface area contributed by atoms with E-state index >= 15 is 0 Å². The normalized spacial score (nSPS) is 24.1. The topological polar surface area (TPSA) is 110 Å². The Morgan fingerprint density at radius 3 is 2.21 bits per heavy atom. The Bertz CT molecular complexity index is 562. The number of nitrogens with zero attached hydrogens (tertiary/aromatic N) is 2. The number of alkyl halides is 3. The molecule has 1 aliphatic rings. The van der Waals surface area contributed by atoms with E-state index in [1.54, 1.807) is 13.8 Å². The zero-order valence-electron chi connectivity index (χ0n) is 13.2. The van der Waals surface area contributed by atoms with E-state index in [0.29, 0.717) is 25.0 Å². The smallest absolute Gasteiger partial charge is 0.382 e. The van der Waals surface area contributed by atoms with Crippen molar-refractivity contribution < 1.29 is 23.0 Å². The molecule has 1 aliphatic carbocycles. The van der Waals surface area contributed by atoms with Crippen molar-refractivity contribution in [1.82, 2.24) is 10.6 Å². The highest BCUT2D eigenvalue weighted by Gasteiger charge is 2.62. The molecule has 1 rings (SSSR count). The van der Waals surface area contributed by atoms with Gasteiger partial charge in [0.2, 0.25) is 0 Å². The summed E-state index contributed by atoms with van der Waals surface area (Å²) < 4.78 is 39.6. The molecule has 0 aromatic carbocycles. The maximum Gasteiger partial charge on any atom is 0.418 e. The molecule has 136 valence electrons. The Morgan fingerprint density at radius 1 is 1.21 bits per heavy atom. The van der Waals surface area contributed by atoms with Crippen LogP contribution < -0.4 is 10.6 Å². The molecule has 2 atom stereocenters. The number of nitrogens with one attached hydrogen (secondary N) is 2. The molecule has 0 aliphatic heterocycles. The van der Waals surface area contributed by atoms with Crippen molar-refractivity contribution in [3.8, 4) is 0 Å². The Labute approximate surface area is 136 Å². The SMILES string of the molecule is CCCNC1=C(C(F)(F)F)C=CC(NCCC)([N+](=O)[O-])C1[N+](=O)[O-]. The van der Waals surface area contributed by atoms with Gasteiger partial charge in [-0.25, -0.2) is 5.32 Å². The number of hydrogen-bond acceptors (Lipinski definition) is 6. The first-order valence-corrected chi connectivity index (χ1v) is 7.39. The quantitative estimate of drug-likeness (QED) is 0.393. The molecule has 24 heavy (non-hydrogen) atoms. The van der Waals surface area contributed by atoms with Gasteiger partial charge in [-0.3, -0.25) is 20.2 Å². The van der Waals surface area contributed by atoms with Gasteiger partial charge in [-0.05, 0) is 18.9 Å². The van der Waals surface area contributed by atoms with Crippen molar-refractivity contribution in [2.45, 2.75) is 44.6 Å². The lowest BCUT2D eigenvalue weighted by Gasteiger charge is -2.32. The standard InChI is InChI=1S/C13H19F3N4O4/c1-3-7-17-10-9(13(14,15)16)5-6-12(20(23)24,18-8-4-2)11(10)19(21)22/h5-6,11,17-18H,3-4,7-8H2,1-2H3. The summed E-state index contributed by atoms with van der Waals surface area (Å²) in [6.07, 6.45) is -2.90. The van der Waals surface area contributed by atoms with Gasteiger partial charge in [0.25, 0.3) is 0 Å².